The number of unbranched alkanes of at least 4 members (excludes halogenated alkanes) is 3. The predicted molar refractivity (Wildman–Crippen MR) is 104 cm³/mol. The van der Waals surface area contributed by atoms with Gasteiger partial charge in [0.1, 0.15) is 0 Å². The van der Waals surface area contributed by atoms with E-state index in [1.54, 1.807) is 0 Å². The van der Waals surface area contributed by atoms with Crippen LogP contribution < -0.4 is 10.6 Å². The third kappa shape index (κ3) is 7.68. The number of nitrogens with one attached hydrogen (secondary N) is 2. The van der Waals surface area contributed by atoms with Crippen LogP contribution in [-0.2, 0) is 0 Å². The van der Waals surface area contributed by atoms with Gasteiger partial charge >= 0.3 is 0 Å². The van der Waals surface area contributed by atoms with Gasteiger partial charge in [-0.25, -0.2) is 0 Å². The molecule has 0 aliphatic carbocycles. The molecule has 2 unspecified atom stereocenters. The van der Waals surface area contributed by atoms with Crippen molar-refractivity contribution in [2.75, 3.05) is 26.7 Å². The Morgan fingerprint density at radius 2 is 1.95 bits per heavy atom. The van der Waals surface area contributed by atoms with Crippen LogP contribution in [0.15, 0.2) is 4.99 Å². The summed E-state index contributed by atoms with van der Waals surface area (Å²) in [5, 5.41) is 7.03. The summed E-state index contributed by atoms with van der Waals surface area (Å²) in [5.74, 6) is 1.64. The molecule has 126 valence electrons. The van der Waals surface area contributed by atoms with Crippen LogP contribution in [-0.4, -0.2) is 49.6 Å². The molecule has 1 rings (SSSR count). The second-order valence-corrected chi connectivity index (χ2v) is 6.34. The molecule has 0 bridgehead atoms. The van der Waals surface area contributed by atoms with E-state index in [1.807, 2.05) is 7.05 Å². The quantitative estimate of drug-likeness (QED) is 0.293. The lowest BCUT2D eigenvalue weighted by molar-refractivity contribution is 0.265. The van der Waals surface area contributed by atoms with Gasteiger partial charge in [0.15, 0.2) is 5.96 Å². The average Bonchev–Trinajstić information content (AvgIpc) is 2.78. The summed E-state index contributed by atoms with van der Waals surface area (Å²) < 4.78 is 0. The molecule has 1 fully saturated rings. The lowest BCUT2D eigenvalue weighted by Gasteiger charge is -2.21. The summed E-state index contributed by atoms with van der Waals surface area (Å²) in [6, 6.07) is 1.15. The molecule has 1 aliphatic rings. The van der Waals surface area contributed by atoms with Crippen LogP contribution in [0, 0.1) is 5.92 Å². The Labute approximate surface area is 148 Å². The second-order valence-electron chi connectivity index (χ2n) is 6.34. The molecule has 0 saturated carbocycles. The molecule has 0 aromatic rings. The number of guanidine groups is 1. The molecular formula is C16H35IN4. The maximum atomic E-state index is 4.35. The van der Waals surface area contributed by atoms with Gasteiger partial charge in [0.2, 0.25) is 0 Å². The molecule has 1 saturated heterocycles. The standard InChI is InChI=1S/C16H34N4.HI/c1-6-7-8-9-10-18-16(17-5)19-15-12-20(13(2)3)11-14(15)4;/h13-15H,6-12H2,1-5H3,(H2,17,18,19);1H. The minimum atomic E-state index is 0. The van der Waals surface area contributed by atoms with Crippen LogP contribution in [0.25, 0.3) is 0 Å². The van der Waals surface area contributed by atoms with E-state index in [2.05, 4.69) is 48.2 Å². The Morgan fingerprint density at radius 1 is 1.24 bits per heavy atom. The number of aliphatic imine (C=N–C) groups is 1. The van der Waals surface area contributed by atoms with Crippen LogP contribution in [0.3, 0.4) is 0 Å². The van der Waals surface area contributed by atoms with E-state index in [0.717, 1.165) is 19.0 Å². The molecule has 1 aliphatic heterocycles. The fourth-order valence-electron chi connectivity index (χ4n) is 2.74. The molecule has 0 radical (unpaired) electrons. The highest BCUT2D eigenvalue weighted by molar-refractivity contribution is 14.0. The third-order valence-electron chi connectivity index (χ3n) is 4.24. The molecule has 4 nitrogen and oxygen atoms in total. The molecule has 5 heteroatoms. The van der Waals surface area contributed by atoms with Crippen molar-refractivity contribution in [2.45, 2.75) is 65.5 Å². The lowest BCUT2D eigenvalue weighted by atomic mass is 10.1. The van der Waals surface area contributed by atoms with Gasteiger partial charge in [-0.1, -0.05) is 33.1 Å². The highest BCUT2D eigenvalue weighted by Crippen LogP contribution is 2.18. The van der Waals surface area contributed by atoms with Gasteiger partial charge in [0.25, 0.3) is 0 Å². The normalized spacial score (nSPS) is 23.2. The Morgan fingerprint density at radius 3 is 2.48 bits per heavy atom. The smallest absolute Gasteiger partial charge is 0.191 e. The van der Waals surface area contributed by atoms with Crippen molar-refractivity contribution in [3.05, 3.63) is 0 Å². The van der Waals surface area contributed by atoms with E-state index in [4.69, 9.17) is 0 Å². The number of rotatable bonds is 7. The SMILES string of the molecule is CCCCCCNC(=NC)NC1CN(C(C)C)CC1C.I. The summed E-state index contributed by atoms with van der Waals surface area (Å²) in [4.78, 5) is 6.89. The van der Waals surface area contributed by atoms with Crippen LogP contribution in [0.1, 0.15) is 53.4 Å². The first-order chi connectivity index (χ1) is 9.58. The Balaban J connectivity index is 0.00000400. The predicted octanol–water partition coefficient (Wildman–Crippen LogP) is 3.08. The van der Waals surface area contributed by atoms with Gasteiger partial charge in [-0.2, -0.15) is 0 Å². The number of hydrogen-bond acceptors (Lipinski definition) is 2. The molecule has 2 N–H and O–H groups in total. The zero-order valence-corrected chi connectivity index (χ0v) is 16.8. The van der Waals surface area contributed by atoms with Crippen LogP contribution in [0.5, 0.6) is 0 Å². The van der Waals surface area contributed by atoms with Gasteiger partial charge in [-0.15, -0.1) is 24.0 Å². The van der Waals surface area contributed by atoms with Gasteiger partial charge < -0.3 is 10.6 Å². The van der Waals surface area contributed by atoms with Crippen molar-refractivity contribution in [1.29, 1.82) is 0 Å². The number of nitrogens with zero attached hydrogens (tertiary/aromatic N) is 2. The Kier molecular flexibility index (Phi) is 11.5. The first kappa shape index (κ1) is 21.0. The number of hydrogen-bond donors (Lipinski definition) is 2. The van der Waals surface area contributed by atoms with E-state index in [0.29, 0.717) is 18.0 Å². The van der Waals surface area contributed by atoms with Crippen LogP contribution in [0.4, 0.5) is 0 Å². The van der Waals surface area contributed by atoms with Gasteiger partial charge in [-0.05, 0) is 26.2 Å². The maximum Gasteiger partial charge on any atom is 0.191 e. The van der Waals surface area contributed by atoms with E-state index >= 15 is 0 Å². The van der Waals surface area contributed by atoms with Crippen molar-refractivity contribution in [3.8, 4) is 0 Å². The summed E-state index contributed by atoms with van der Waals surface area (Å²) in [5.41, 5.74) is 0. The fraction of sp³-hybridized carbons (Fsp3) is 0.938. The van der Waals surface area contributed by atoms with Crippen molar-refractivity contribution in [2.24, 2.45) is 10.9 Å². The molecular weight excluding hydrogens is 375 g/mol. The topological polar surface area (TPSA) is 39.7 Å². The zero-order chi connectivity index (χ0) is 15.0. The first-order valence-corrected chi connectivity index (χ1v) is 8.29. The van der Waals surface area contributed by atoms with Crippen molar-refractivity contribution in [1.82, 2.24) is 15.5 Å². The zero-order valence-electron chi connectivity index (χ0n) is 14.5. The molecule has 1 heterocycles. The summed E-state index contributed by atoms with van der Waals surface area (Å²) in [6.45, 7) is 12.4. The van der Waals surface area contributed by atoms with Gasteiger partial charge in [-0.3, -0.25) is 9.89 Å². The number of halogens is 1. The Bertz CT molecular complexity index is 294. The van der Waals surface area contributed by atoms with Crippen molar-refractivity contribution in [3.63, 3.8) is 0 Å². The molecule has 21 heavy (non-hydrogen) atoms. The maximum absolute atomic E-state index is 4.35. The van der Waals surface area contributed by atoms with Crippen LogP contribution >= 0.6 is 24.0 Å². The van der Waals surface area contributed by atoms with Crippen molar-refractivity contribution >= 4 is 29.9 Å². The van der Waals surface area contributed by atoms with Gasteiger partial charge in [0.05, 0.1) is 0 Å². The molecule has 0 aromatic heterocycles. The summed E-state index contributed by atoms with van der Waals surface area (Å²) >= 11 is 0. The monoisotopic (exact) mass is 410 g/mol. The van der Waals surface area contributed by atoms with Gasteiger partial charge in [0, 0.05) is 38.8 Å². The number of likely N-dealkylation sites (tertiary alicyclic amines) is 1. The molecule has 2 atom stereocenters. The third-order valence-corrected chi connectivity index (χ3v) is 4.24. The van der Waals surface area contributed by atoms with E-state index in [-0.39, 0.29) is 24.0 Å². The minimum Gasteiger partial charge on any atom is -0.356 e. The first-order valence-electron chi connectivity index (χ1n) is 8.29. The summed E-state index contributed by atoms with van der Waals surface area (Å²) in [7, 11) is 1.86. The molecule has 0 spiro atoms. The lowest BCUT2D eigenvalue weighted by Crippen LogP contribution is -2.47. The minimum absolute atomic E-state index is 0. The van der Waals surface area contributed by atoms with E-state index in [9.17, 15) is 0 Å². The Hall–Kier alpha value is -0.0400. The highest BCUT2D eigenvalue weighted by Gasteiger charge is 2.31. The highest BCUT2D eigenvalue weighted by atomic mass is 127. The largest absolute Gasteiger partial charge is 0.356 e. The summed E-state index contributed by atoms with van der Waals surface area (Å²) in [6.07, 6.45) is 5.16. The molecule has 0 amide bonds. The van der Waals surface area contributed by atoms with E-state index in [1.165, 1.54) is 32.2 Å². The molecule has 0 aromatic carbocycles. The second kappa shape index (κ2) is 11.5. The van der Waals surface area contributed by atoms with E-state index < -0.39 is 0 Å². The van der Waals surface area contributed by atoms with Crippen molar-refractivity contribution < 1.29 is 0 Å². The fourth-order valence-corrected chi connectivity index (χ4v) is 2.74. The van der Waals surface area contributed by atoms with Crippen LogP contribution in [0.2, 0.25) is 0 Å². The average molecular weight is 410 g/mol.